The van der Waals surface area contributed by atoms with Crippen LogP contribution in [-0.4, -0.2) is 144 Å². The molecule has 13 heteroatoms. The summed E-state index contributed by atoms with van der Waals surface area (Å²) in [5, 5.41) is 0.741. The fourth-order valence-electron chi connectivity index (χ4n) is 1.60. The predicted octanol–water partition coefficient (Wildman–Crippen LogP) is 6.85. The van der Waals surface area contributed by atoms with Gasteiger partial charge >= 0.3 is 11.3 Å². The number of nitrogens with zero attached hydrogens (tertiary/aromatic N) is 6. The summed E-state index contributed by atoms with van der Waals surface area (Å²) in [5.41, 5.74) is 0. The molecular weight excluding hydrogens is 594 g/mol. The van der Waals surface area contributed by atoms with E-state index >= 15 is 0 Å². The molecule has 0 aliphatic heterocycles. The molecular formula is C23H63Cl5N6Si2+2. The maximum Gasteiger partial charge on any atom is 0.349 e. The molecule has 0 bridgehead atoms. The van der Waals surface area contributed by atoms with Gasteiger partial charge in [-0.15, -0.1) is 0 Å². The summed E-state index contributed by atoms with van der Waals surface area (Å²) in [5.74, 6) is 1.19. The highest BCUT2D eigenvalue weighted by Crippen LogP contribution is 2.04. The molecule has 0 aromatic heterocycles. The summed E-state index contributed by atoms with van der Waals surface area (Å²) >= 11 is 25.8. The highest BCUT2D eigenvalue weighted by Gasteiger charge is 2.14. The Morgan fingerprint density at radius 3 is 0.806 bits per heavy atom. The molecule has 0 aliphatic rings. The molecule has 0 N–H and O–H groups in total. The lowest BCUT2D eigenvalue weighted by atomic mass is 10.7. The number of amidine groups is 1. The lowest BCUT2D eigenvalue weighted by Crippen LogP contribution is -2.40. The first kappa shape index (κ1) is 52.9. The summed E-state index contributed by atoms with van der Waals surface area (Å²) < 4.78 is 5.51. The van der Waals surface area contributed by atoms with E-state index in [-0.39, 0.29) is 14.9 Å². The first-order valence-electron chi connectivity index (χ1n) is 10.7. The van der Waals surface area contributed by atoms with Crippen LogP contribution < -0.4 is 0 Å². The van der Waals surface area contributed by atoms with Crippen molar-refractivity contribution in [2.45, 2.75) is 58.4 Å². The molecule has 0 heterocycles. The van der Waals surface area contributed by atoms with Crippen molar-refractivity contribution in [2.75, 3.05) is 84.6 Å². The maximum absolute atomic E-state index is 5.72. The Labute approximate surface area is 254 Å². The zero-order valence-electron chi connectivity index (χ0n) is 25.2. The number of halogens is 5. The molecule has 0 rings (SSSR count). The van der Waals surface area contributed by atoms with Crippen LogP contribution in [0.2, 0.25) is 39.3 Å². The Balaban J connectivity index is -0.0000000595. The molecule has 0 aromatic carbocycles. The van der Waals surface area contributed by atoms with Crippen LogP contribution in [0, 0.1) is 0 Å². The highest BCUT2D eigenvalue weighted by molar-refractivity contribution is 7.18. The number of alkyl halides is 3. The van der Waals surface area contributed by atoms with E-state index in [1.807, 2.05) is 80.0 Å². The minimum atomic E-state index is -1.14. The van der Waals surface area contributed by atoms with Gasteiger partial charge in [-0.2, -0.15) is 11.1 Å². The number of guanidine groups is 1. The number of hydrogen-bond donors (Lipinski definition) is 0. The Morgan fingerprint density at radius 2 is 0.806 bits per heavy atom. The molecule has 226 valence electrons. The van der Waals surface area contributed by atoms with E-state index in [2.05, 4.69) is 72.3 Å². The van der Waals surface area contributed by atoms with Crippen LogP contribution >= 0.6 is 57.5 Å². The first-order valence-corrected chi connectivity index (χ1v) is 20.4. The van der Waals surface area contributed by atoms with Gasteiger partial charge in [0.15, 0.2) is 4.30 Å². The average molecular weight is 657 g/mol. The Bertz CT molecular complexity index is 531. The van der Waals surface area contributed by atoms with Crippen LogP contribution in [0.1, 0.15) is 14.9 Å². The summed E-state index contributed by atoms with van der Waals surface area (Å²) in [6, 6.07) is 0. The van der Waals surface area contributed by atoms with Gasteiger partial charge in [0.05, 0.1) is 70.5 Å². The average Bonchev–Trinajstić information content (AvgIpc) is 2.50. The van der Waals surface area contributed by atoms with Gasteiger partial charge in [0.2, 0.25) is 0 Å². The fourth-order valence-corrected chi connectivity index (χ4v) is 1.60. The fraction of sp³-hybridized carbons (Fsp3) is 0.913. The Kier molecular flexibility index (Phi) is 39.9. The van der Waals surface area contributed by atoms with Crippen molar-refractivity contribution in [3.05, 3.63) is 0 Å². The van der Waals surface area contributed by atoms with Crippen molar-refractivity contribution in [3.8, 4) is 0 Å². The normalized spacial score (nSPS) is 9.58. The van der Waals surface area contributed by atoms with Crippen molar-refractivity contribution >= 4 is 84.4 Å². The summed E-state index contributed by atoms with van der Waals surface area (Å²) in [6.45, 7) is 13.3. The molecule has 6 nitrogen and oxygen atoms in total. The predicted molar refractivity (Wildman–Crippen MR) is 182 cm³/mol. The van der Waals surface area contributed by atoms with E-state index in [1.54, 1.807) is 0 Å². The van der Waals surface area contributed by atoms with E-state index in [1.165, 1.54) is 5.96 Å². The zero-order valence-corrected chi connectivity index (χ0v) is 30.9. The standard InChI is InChI=1S/C7H18N3.C5H12ClN2.C5H15NSi.C3H9ClSi.CHCl3.2CH4/c1-8(2)7(9(3)4)10(5)6;1-7(2)5(6)8(3)4;1-6(2)7(3,4)5;1-5(2,3)4;2-1(3)4;;/h1-6H3;1-4H3;1-5H3;1-3H3;1H;2*1H4/q2*+1;;;;;. The quantitative estimate of drug-likeness (QED) is 0.0585. The van der Waals surface area contributed by atoms with Gasteiger partial charge in [0, 0.05) is 11.6 Å². The van der Waals surface area contributed by atoms with Crippen LogP contribution in [0.4, 0.5) is 0 Å². The van der Waals surface area contributed by atoms with Gasteiger partial charge in [-0.05, 0) is 14.1 Å². The molecule has 0 amide bonds. The molecule has 0 unspecified atom stereocenters. The lowest BCUT2D eigenvalue weighted by molar-refractivity contribution is -0.475. The second kappa shape index (κ2) is 27.2. The van der Waals surface area contributed by atoms with E-state index in [0.717, 1.165) is 5.29 Å². The van der Waals surface area contributed by atoms with Crippen molar-refractivity contribution in [3.63, 3.8) is 0 Å². The van der Waals surface area contributed by atoms with Crippen LogP contribution in [0.5, 0.6) is 0 Å². The van der Waals surface area contributed by atoms with Gasteiger partial charge in [0.25, 0.3) is 0 Å². The number of hydrogen-bond acceptors (Lipinski definition) is 1. The van der Waals surface area contributed by atoms with Crippen LogP contribution in [0.25, 0.3) is 0 Å². The van der Waals surface area contributed by atoms with Crippen molar-refractivity contribution in [1.29, 1.82) is 0 Å². The molecule has 0 saturated heterocycles. The molecule has 0 fully saturated rings. The third kappa shape index (κ3) is 55.2. The Hall–Kier alpha value is 0.584. The third-order valence-corrected chi connectivity index (χ3v) is 6.64. The van der Waals surface area contributed by atoms with Crippen LogP contribution in [0.15, 0.2) is 0 Å². The molecule has 0 aliphatic carbocycles. The molecule has 36 heavy (non-hydrogen) atoms. The monoisotopic (exact) mass is 654 g/mol. The third-order valence-electron chi connectivity index (χ3n) is 3.28. The molecule has 0 aromatic rings. The minimum Gasteiger partial charge on any atom is -0.329 e. The molecule has 0 radical (unpaired) electrons. The van der Waals surface area contributed by atoms with Crippen LogP contribution in [-0.2, 0) is 0 Å². The first-order chi connectivity index (χ1) is 14.7. The smallest absolute Gasteiger partial charge is 0.329 e. The number of rotatable bonds is 1. The molecule has 0 atom stereocenters. The van der Waals surface area contributed by atoms with E-state index in [0.29, 0.717) is 0 Å². The van der Waals surface area contributed by atoms with E-state index in [4.69, 9.17) is 57.5 Å². The second-order valence-corrected chi connectivity index (χ2v) is 25.5. The van der Waals surface area contributed by atoms with Crippen molar-refractivity contribution < 1.29 is 9.15 Å². The highest BCUT2D eigenvalue weighted by atomic mass is 35.6. The molecule has 0 saturated carbocycles. The second-order valence-electron chi connectivity index (χ2n) is 10.4. The molecule has 0 spiro atoms. The van der Waals surface area contributed by atoms with Gasteiger partial charge in [0.1, 0.15) is 15.6 Å². The topological polar surface area (TPSA) is 19.0 Å². The van der Waals surface area contributed by atoms with Gasteiger partial charge in [-0.1, -0.05) is 88.9 Å². The van der Waals surface area contributed by atoms with Gasteiger partial charge < -0.3 is 4.57 Å². The summed E-state index contributed by atoms with van der Waals surface area (Å²) in [6.07, 6.45) is 0. The summed E-state index contributed by atoms with van der Waals surface area (Å²) in [7, 11) is 22.1. The van der Waals surface area contributed by atoms with Gasteiger partial charge in [-0.25, -0.2) is 0 Å². The zero-order chi connectivity index (χ0) is 29.2. The SMILES string of the molecule is C.C.CN(C)C(Cl)=[N+](C)C.CN(C)C(N(C)C)=[N+](C)C.CN(C)[Si](C)(C)C.C[Si](C)(C)Cl.ClC(Cl)Cl. The van der Waals surface area contributed by atoms with Crippen LogP contribution in [0.3, 0.4) is 0 Å². The Morgan fingerprint density at radius 1 is 0.611 bits per heavy atom. The van der Waals surface area contributed by atoms with E-state index < -0.39 is 19.9 Å². The van der Waals surface area contributed by atoms with E-state index in [9.17, 15) is 0 Å². The summed E-state index contributed by atoms with van der Waals surface area (Å²) in [4.78, 5) is 6.02. The largest absolute Gasteiger partial charge is 0.349 e. The lowest BCUT2D eigenvalue weighted by Gasteiger charge is -2.24. The van der Waals surface area contributed by atoms with Gasteiger partial charge in [-0.3, -0.25) is 23.9 Å². The van der Waals surface area contributed by atoms with Crippen molar-refractivity contribution in [1.82, 2.24) is 19.3 Å². The minimum absolute atomic E-state index is 0. The maximum atomic E-state index is 5.72. The van der Waals surface area contributed by atoms with Crippen molar-refractivity contribution in [2.24, 2.45) is 0 Å².